The normalized spacial score (nSPS) is 10.3. The van der Waals surface area contributed by atoms with Crippen molar-refractivity contribution in [2.75, 3.05) is 0 Å². The molecule has 0 aromatic carbocycles. The fourth-order valence-corrected chi connectivity index (χ4v) is 1.34. The fraction of sp³-hybridized carbons (Fsp3) is 0.250. The minimum absolute atomic E-state index is 0.120. The van der Waals surface area contributed by atoms with Crippen LogP contribution >= 0.6 is 15.9 Å². The molecule has 1 rings (SSSR count). The first-order valence-electron chi connectivity index (χ1n) is 3.55. The summed E-state index contributed by atoms with van der Waals surface area (Å²) in [6, 6.07) is 1.75. The Morgan fingerprint density at radius 1 is 1.57 bits per heavy atom. The van der Waals surface area contributed by atoms with E-state index in [9.17, 15) is 13.2 Å². The number of aromatic nitrogens is 1. The van der Waals surface area contributed by atoms with Gasteiger partial charge in [-0.05, 0) is 15.9 Å². The number of hydrogen-bond donors (Lipinski definition) is 0. The van der Waals surface area contributed by atoms with Gasteiger partial charge in [0, 0.05) is 6.20 Å². The van der Waals surface area contributed by atoms with Crippen molar-refractivity contribution in [3.63, 3.8) is 0 Å². The van der Waals surface area contributed by atoms with Gasteiger partial charge >= 0.3 is 0 Å². The van der Waals surface area contributed by atoms with E-state index in [-0.39, 0.29) is 16.6 Å². The molecule has 0 saturated carbocycles. The average molecular weight is 265 g/mol. The number of nitriles is 1. The molecule has 1 aromatic rings. The van der Waals surface area contributed by atoms with Crippen LogP contribution in [0, 0.1) is 17.1 Å². The highest BCUT2D eigenvalue weighted by Crippen LogP contribution is 2.28. The summed E-state index contributed by atoms with van der Waals surface area (Å²) < 4.78 is 37.3. The lowest BCUT2D eigenvalue weighted by molar-refractivity contribution is 0.145. The van der Waals surface area contributed by atoms with E-state index in [1.165, 1.54) is 0 Å². The van der Waals surface area contributed by atoms with Crippen molar-refractivity contribution in [1.29, 1.82) is 5.26 Å². The van der Waals surface area contributed by atoms with Crippen molar-refractivity contribution in [3.8, 4) is 6.07 Å². The molecule has 0 spiro atoms. The highest BCUT2D eigenvalue weighted by molar-refractivity contribution is 9.10. The predicted molar refractivity (Wildman–Crippen MR) is 46.2 cm³/mol. The Labute approximate surface area is 86.5 Å². The summed E-state index contributed by atoms with van der Waals surface area (Å²) in [4.78, 5) is 3.56. The molecular weight excluding hydrogens is 261 g/mol. The van der Waals surface area contributed by atoms with Crippen molar-refractivity contribution in [2.45, 2.75) is 12.8 Å². The van der Waals surface area contributed by atoms with Gasteiger partial charge in [0.15, 0.2) is 0 Å². The third-order valence-corrected chi connectivity index (χ3v) is 2.35. The second-order valence-corrected chi connectivity index (χ2v) is 3.22. The van der Waals surface area contributed by atoms with E-state index >= 15 is 0 Å². The van der Waals surface area contributed by atoms with Crippen LogP contribution in [0.5, 0.6) is 0 Å². The zero-order valence-corrected chi connectivity index (χ0v) is 8.35. The summed E-state index contributed by atoms with van der Waals surface area (Å²) in [5.74, 6) is -1.06. The zero-order valence-electron chi connectivity index (χ0n) is 6.77. The maximum absolute atomic E-state index is 13.2. The molecule has 0 saturated heterocycles. The van der Waals surface area contributed by atoms with Gasteiger partial charge in [0.25, 0.3) is 6.43 Å². The Balaban J connectivity index is 3.20. The molecule has 0 unspecified atom stereocenters. The van der Waals surface area contributed by atoms with Crippen LogP contribution in [0.2, 0.25) is 0 Å². The molecule has 0 radical (unpaired) electrons. The Hall–Kier alpha value is -1.09. The molecule has 0 aliphatic rings. The van der Waals surface area contributed by atoms with Gasteiger partial charge in [0.1, 0.15) is 5.82 Å². The molecule has 0 amide bonds. The monoisotopic (exact) mass is 264 g/mol. The Morgan fingerprint density at radius 2 is 2.21 bits per heavy atom. The van der Waals surface area contributed by atoms with Crippen molar-refractivity contribution in [1.82, 2.24) is 4.98 Å². The Kier molecular flexibility index (Phi) is 3.47. The smallest absolute Gasteiger partial charge is 0.258 e. The number of hydrogen-bond acceptors (Lipinski definition) is 2. The van der Waals surface area contributed by atoms with Gasteiger partial charge in [-0.2, -0.15) is 5.26 Å². The van der Waals surface area contributed by atoms with Gasteiger partial charge in [-0.25, -0.2) is 13.2 Å². The standard InChI is InChI=1S/C8H4BrF3N2/c9-6-5(1-2-13)14-3-4(7(6)10)8(11)12/h3,8H,1H2. The molecule has 0 aliphatic carbocycles. The molecule has 0 fully saturated rings. The summed E-state index contributed by atoms with van der Waals surface area (Å²) in [5, 5.41) is 8.33. The number of rotatable bonds is 2. The first-order valence-corrected chi connectivity index (χ1v) is 4.35. The lowest BCUT2D eigenvalue weighted by Gasteiger charge is -2.05. The van der Waals surface area contributed by atoms with Gasteiger partial charge in [-0.3, -0.25) is 4.98 Å². The van der Waals surface area contributed by atoms with Crippen LogP contribution in [0.3, 0.4) is 0 Å². The van der Waals surface area contributed by atoms with E-state index in [0.717, 1.165) is 6.20 Å². The molecule has 2 nitrogen and oxygen atoms in total. The van der Waals surface area contributed by atoms with E-state index < -0.39 is 17.8 Å². The second-order valence-electron chi connectivity index (χ2n) is 2.42. The third-order valence-electron chi connectivity index (χ3n) is 1.54. The summed E-state index contributed by atoms with van der Waals surface area (Å²) >= 11 is 2.78. The summed E-state index contributed by atoms with van der Waals surface area (Å²) in [6.07, 6.45) is -2.28. The van der Waals surface area contributed by atoms with Crippen LogP contribution in [0.25, 0.3) is 0 Å². The molecule has 74 valence electrons. The van der Waals surface area contributed by atoms with Crippen LogP contribution < -0.4 is 0 Å². The summed E-state index contributed by atoms with van der Waals surface area (Å²) in [6.45, 7) is 0. The number of alkyl halides is 2. The van der Waals surface area contributed by atoms with E-state index in [0.29, 0.717) is 0 Å². The van der Waals surface area contributed by atoms with Crippen molar-refractivity contribution < 1.29 is 13.2 Å². The zero-order chi connectivity index (χ0) is 10.7. The minimum atomic E-state index is -2.91. The number of halogens is 4. The molecule has 1 heterocycles. The molecule has 0 atom stereocenters. The molecule has 14 heavy (non-hydrogen) atoms. The first-order chi connectivity index (χ1) is 6.57. The van der Waals surface area contributed by atoms with Gasteiger partial charge in [0.05, 0.1) is 28.2 Å². The van der Waals surface area contributed by atoms with E-state index in [4.69, 9.17) is 5.26 Å². The first kappa shape index (κ1) is 11.0. The molecule has 0 aliphatic heterocycles. The highest BCUT2D eigenvalue weighted by Gasteiger charge is 2.18. The van der Waals surface area contributed by atoms with Crippen LogP contribution in [-0.4, -0.2) is 4.98 Å². The fourth-order valence-electron chi connectivity index (χ4n) is 0.864. The SMILES string of the molecule is N#CCc1ncc(C(F)F)c(F)c1Br. The van der Waals surface area contributed by atoms with E-state index in [1.807, 2.05) is 0 Å². The lowest BCUT2D eigenvalue weighted by Crippen LogP contribution is -1.99. The van der Waals surface area contributed by atoms with Crippen LogP contribution in [0.4, 0.5) is 13.2 Å². The van der Waals surface area contributed by atoms with Gasteiger partial charge in [0.2, 0.25) is 0 Å². The van der Waals surface area contributed by atoms with Crippen molar-refractivity contribution >= 4 is 15.9 Å². The topological polar surface area (TPSA) is 36.7 Å². The van der Waals surface area contributed by atoms with Crippen molar-refractivity contribution in [3.05, 3.63) is 27.7 Å². The summed E-state index contributed by atoms with van der Waals surface area (Å²) in [5.41, 5.74) is -0.645. The molecule has 0 bridgehead atoms. The molecule has 6 heteroatoms. The maximum atomic E-state index is 13.2. The van der Waals surface area contributed by atoms with Crippen LogP contribution in [0.1, 0.15) is 17.7 Å². The molecule has 0 N–H and O–H groups in total. The number of nitrogens with zero attached hydrogens (tertiary/aromatic N) is 2. The molecular formula is C8H4BrF3N2. The van der Waals surface area contributed by atoms with E-state index in [2.05, 4.69) is 20.9 Å². The van der Waals surface area contributed by atoms with Crippen LogP contribution in [0.15, 0.2) is 10.7 Å². The lowest BCUT2D eigenvalue weighted by atomic mass is 10.2. The largest absolute Gasteiger partial charge is 0.268 e. The minimum Gasteiger partial charge on any atom is -0.258 e. The van der Waals surface area contributed by atoms with Crippen LogP contribution in [-0.2, 0) is 6.42 Å². The maximum Gasteiger partial charge on any atom is 0.268 e. The number of pyridine rings is 1. The van der Waals surface area contributed by atoms with Gasteiger partial charge < -0.3 is 0 Å². The second kappa shape index (κ2) is 4.42. The van der Waals surface area contributed by atoms with Gasteiger partial charge in [-0.15, -0.1) is 0 Å². The highest BCUT2D eigenvalue weighted by atomic mass is 79.9. The summed E-state index contributed by atoms with van der Waals surface area (Å²) in [7, 11) is 0. The van der Waals surface area contributed by atoms with Crippen molar-refractivity contribution in [2.24, 2.45) is 0 Å². The molecule has 1 aromatic heterocycles. The van der Waals surface area contributed by atoms with E-state index in [1.54, 1.807) is 6.07 Å². The quantitative estimate of drug-likeness (QED) is 0.824. The average Bonchev–Trinajstić information content (AvgIpc) is 2.13. The third kappa shape index (κ3) is 2.04. The Bertz CT molecular complexity index is 387. The predicted octanol–water partition coefficient (Wildman–Crippen LogP) is 2.99. The Morgan fingerprint density at radius 3 is 2.71 bits per heavy atom. The van der Waals surface area contributed by atoms with Gasteiger partial charge in [-0.1, -0.05) is 0 Å².